The van der Waals surface area contributed by atoms with E-state index in [4.69, 9.17) is 4.74 Å². The van der Waals surface area contributed by atoms with Gasteiger partial charge in [-0.05, 0) is 32.8 Å². The van der Waals surface area contributed by atoms with Gasteiger partial charge >= 0.3 is 0 Å². The number of amides is 1. The Morgan fingerprint density at radius 2 is 2.11 bits per heavy atom. The molecule has 1 aromatic carbocycles. The van der Waals surface area contributed by atoms with Gasteiger partial charge in [-0.2, -0.15) is 0 Å². The number of hydrogen-bond acceptors (Lipinski definition) is 4. The summed E-state index contributed by atoms with van der Waals surface area (Å²) in [5.74, 6) is 0.0516. The lowest BCUT2D eigenvalue weighted by Crippen LogP contribution is -2.45. The van der Waals surface area contributed by atoms with Crippen molar-refractivity contribution in [3.05, 3.63) is 53.6 Å². The quantitative estimate of drug-likeness (QED) is 0.675. The molecular weight excluding hydrogens is 352 g/mol. The Hall–Kier alpha value is -2.18. The van der Waals surface area contributed by atoms with Gasteiger partial charge in [0.1, 0.15) is 6.04 Å². The van der Waals surface area contributed by atoms with E-state index in [9.17, 15) is 4.79 Å². The summed E-state index contributed by atoms with van der Waals surface area (Å²) in [5, 5.41) is 3.12. The lowest BCUT2D eigenvalue weighted by Gasteiger charge is -2.36. The van der Waals surface area contributed by atoms with E-state index in [1.807, 2.05) is 31.5 Å². The molecule has 0 saturated heterocycles. The van der Waals surface area contributed by atoms with Crippen LogP contribution in [0, 0.1) is 0 Å². The maximum absolute atomic E-state index is 13.2. The van der Waals surface area contributed by atoms with Crippen LogP contribution >= 0.6 is 0 Å². The van der Waals surface area contributed by atoms with Crippen molar-refractivity contribution < 1.29 is 9.53 Å². The molecule has 3 rings (SSSR count). The van der Waals surface area contributed by atoms with Crippen LogP contribution in [0.2, 0.25) is 0 Å². The predicted octanol–water partition coefficient (Wildman–Crippen LogP) is 3.11. The Bertz CT molecular complexity index is 757. The van der Waals surface area contributed by atoms with E-state index < -0.39 is 0 Å². The van der Waals surface area contributed by atoms with E-state index in [1.165, 1.54) is 5.56 Å². The standard InChI is InChI=1S/C22H32N4O2/c1-4-28-14-8-12-23-22(27)21-20-19(24-16-26(20)17(2)3)11-13-25(21)15-18-9-6-5-7-10-18/h5-7,9-10,16-17,21H,4,8,11-15H2,1-3H3,(H,23,27)/t21-/m1/s1. The van der Waals surface area contributed by atoms with Gasteiger partial charge < -0.3 is 14.6 Å². The summed E-state index contributed by atoms with van der Waals surface area (Å²) < 4.78 is 7.53. The SMILES string of the molecule is CCOCCCNC(=O)[C@H]1c2c(ncn2C(C)C)CCN1Cc1ccccc1. The fourth-order valence-corrected chi connectivity index (χ4v) is 3.77. The molecule has 1 N–H and O–H groups in total. The van der Waals surface area contributed by atoms with Crippen LogP contribution in [-0.4, -0.2) is 46.7 Å². The molecule has 152 valence electrons. The molecule has 0 spiro atoms. The number of nitrogens with one attached hydrogen (secondary N) is 1. The van der Waals surface area contributed by atoms with Gasteiger partial charge in [0.15, 0.2) is 0 Å². The fraction of sp³-hybridized carbons (Fsp3) is 0.545. The number of ether oxygens (including phenoxy) is 1. The molecule has 6 heteroatoms. The second-order valence-corrected chi connectivity index (χ2v) is 7.53. The smallest absolute Gasteiger partial charge is 0.243 e. The zero-order valence-electron chi connectivity index (χ0n) is 17.2. The van der Waals surface area contributed by atoms with Crippen LogP contribution < -0.4 is 5.32 Å². The third-order valence-electron chi connectivity index (χ3n) is 5.17. The molecule has 0 unspecified atom stereocenters. The van der Waals surface area contributed by atoms with Crippen molar-refractivity contribution in [2.45, 2.75) is 52.2 Å². The number of nitrogens with zero attached hydrogens (tertiary/aromatic N) is 3. The summed E-state index contributed by atoms with van der Waals surface area (Å²) in [6.07, 6.45) is 3.58. The van der Waals surface area contributed by atoms with Crippen molar-refractivity contribution in [3.8, 4) is 0 Å². The lowest BCUT2D eigenvalue weighted by atomic mass is 10.00. The molecule has 0 saturated carbocycles. The van der Waals surface area contributed by atoms with Crippen LogP contribution in [0.4, 0.5) is 0 Å². The molecule has 1 aromatic heterocycles. The summed E-state index contributed by atoms with van der Waals surface area (Å²) in [6.45, 7) is 9.83. The summed E-state index contributed by atoms with van der Waals surface area (Å²) in [7, 11) is 0. The normalized spacial score (nSPS) is 16.9. The molecule has 2 heterocycles. The highest BCUT2D eigenvalue weighted by Gasteiger charge is 2.36. The molecule has 0 aliphatic carbocycles. The van der Waals surface area contributed by atoms with Crippen molar-refractivity contribution >= 4 is 5.91 Å². The molecule has 28 heavy (non-hydrogen) atoms. The zero-order valence-corrected chi connectivity index (χ0v) is 17.2. The Kier molecular flexibility index (Phi) is 7.23. The summed E-state index contributed by atoms with van der Waals surface area (Å²) in [5.41, 5.74) is 3.31. The number of hydrogen-bond donors (Lipinski definition) is 1. The van der Waals surface area contributed by atoms with Gasteiger partial charge in [0.2, 0.25) is 5.91 Å². The lowest BCUT2D eigenvalue weighted by molar-refractivity contribution is -0.127. The first-order valence-corrected chi connectivity index (χ1v) is 10.3. The Balaban J connectivity index is 1.81. The van der Waals surface area contributed by atoms with E-state index in [0.29, 0.717) is 19.8 Å². The molecule has 0 bridgehead atoms. The van der Waals surface area contributed by atoms with Crippen molar-refractivity contribution in [2.24, 2.45) is 0 Å². The number of aromatic nitrogens is 2. The van der Waals surface area contributed by atoms with Crippen LogP contribution in [0.5, 0.6) is 0 Å². The molecule has 2 aromatic rings. The summed E-state index contributed by atoms with van der Waals surface area (Å²) in [6, 6.07) is 10.3. The van der Waals surface area contributed by atoms with Gasteiger partial charge in [0, 0.05) is 45.3 Å². The molecule has 0 fully saturated rings. The second kappa shape index (κ2) is 9.85. The zero-order chi connectivity index (χ0) is 19.9. The molecule has 1 aliphatic rings. The van der Waals surface area contributed by atoms with Crippen LogP contribution in [0.1, 0.15) is 56.2 Å². The van der Waals surface area contributed by atoms with E-state index in [0.717, 1.165) is 37.3 Å². The number of rotatable bonds is 9. The number of fused-ring (bicyclic) bond motifs is 1. The number of carbonyl (C=O) groups excluding carboxylic acids is 1. The summed E-state index contributed by atoms with van der Waals surface area (Å²) in [4.78, 5) is 20.1. The maximum Gasteiger partial charge on any atom is 0.243 e. The maximum atomic E-state index is 13.2. The third kappa shape index (κ3) is 4.80. The van der Waals surface area contributed by atoms with Crippen molar-refractivity contribution in [3.63, 3.8) is 0 Å². The summed E-state index contributed by atoms with van der Waals surface area (Å²) >= 11 is 0. The molecule has 1 amide bonds. The van der Waals surface area contributed by atoms with Crippen molar-refractivity contribution in [2.75, 3.05) is 26.3 Å². The molecule has 0 radical (unpaired) electrons. The number of carbonyl (C=O) groups is 1. The van der Waals surface area contributed by atoms with Gasteiger partial charge in [-0.15, -0.1) is 0 Å². The van der Waals surface area contributed by atoms with Gasteiger partial charge in [0.25, 0.3) is 0 Å². The first-order valence-electron chi connectivity index (χ1n) is 10.3. The van der Waals surface area contributed by atoms with Crippen LogP contribution in [0.15, 0.2) is 36.7 Å². The molecule has 1 atom stereocenters. The first-order chi connectivity index (χ1) is 13.6. The fourth-order valence-electron chi connectivity index (χ4n) is 3.77. The molecular formula is C22H32N4O2. The Morgan fingerprint density at radius 1 is 1.32 bits per heavy atom. The van der Waals surface area contributed by atoms with E-state index in [1.54, 1.807) is 0 Å². The highest BCUT2D eigenvalue weighted by molar-refractivity contribution is 5.83. The monoisotopic (exact) mass is 384 g/mol. The van der Waals surface area contributed by atoms with Gasteiger partial charge in [-0.1, -0.05) is 30.3 Å². The van der Waals surface area contributed by atoms with Gasteiger partial charge in [-0.3, -0.25) is 9.69 Å². The van der Waals surface area contributed by atoms with Crippen LogP contribution in [-0.2, 0) is 22.5 Å². The van der Waals surface area contributed by atoms with Gasteiger partial charge in [0.05, 0.1) is 17.7 Å². The van der Waals surface area contributed by atoms with Crippen LogP contribution in [0.25, 0.3) is 0 Å². The van der Waals surface area contributed by atoms with E-state index in [2.05, 4.69) is 45.7 Å². The minimum absolute atomic E-state index is 0.0516. The molecule has 6 nitrogen and oxygen atoms in total. The van der Waals surface area contributed by atoms with E-state index >= 15 is 0 Å². The number of imidazole rings is 1. The topological polar surface area (TPSA) is 59.4 Å². The van der Waals surface area contributed by atoms with Crippen LogP contribution in [0.3, 0.4) is 0 Å². The number of benzene rings is 1. The largest absolute Gasteiger partial charge is 0.382 e. The highest BCUT2D eigenvalue weighted by atomic mass is 16.5. The van der Waals surface area contributed by atoms with Crippen molar-refractivity contribution in [1.29, 1.82) is 0 Å². The molecule has 1 aliphatic heterocycles. The first kappa shape index (κ1) is 20.6. The Labute approximate surface area is 167 Å². The second-order valence-electron chi connectivity index (χ2n) is 7.53. The minimum Gasteiger partial charge on any atom is -0.382 e. The van der Waals surface area contributed by atoms with Crippen molar-refractivity contribution in [1.82, 2.24) is 19.8 Å². The average molecular weight is 385 g/mol. The predicted molar refractivity (Wildman–Crippen MR) is 110 cm³/mol. The minimum atomic E-state index is -0.319. The highest BCUT2D eigenvalue weighted by Crippen LogP contribution is 2.32. The Morgan fingerprint density at radius 3 is 2.82 bits per heavy atom. The van der Waals surface area contributed by atoms with E-state index in [-0.39, 0.29) is 18.0 Å². The average Bonchev–Trinajstić information content (AvgIpc) is 3.12. The third-order valence-corrected chi connectivity index (χ3v) is 5.17. The van der Waals surface area contributed by atoms with Gasteiger partial charge in [-0.25, -0.2) is 4.98 Å².